The van der Waals surface area contributed by atoms with Crippen LogP contribution in [0.4, 0.5) is 16.3 Å². The van der Waals surface area contributed by atoms with Crippen LogP contribution in [0.3, 0.4) is 0 Å². The van der Waals surface area contributed by atoms with E-state index in [4.69, 9.17) is 0 Å². The fraction of sp³-hybridized carbons (Fsp3) is 0.400. The number of carbonyl (C=O) groups is 2. The molecule has 0 saturated heterocycles. The van der Waals surface area contributed by atoms with Crippen molar-refractivity contribution in [2.45, 2.75) is 39.7 Å². The summed E-state index contributed by atoms with van der Waals surface area (Å²) >= 11 is 1.17. The average Bonchev–Trinajstić information content (AvgIpc) is 3.04. The van der Waals surface area contributed by atoms with E-state index >= 15 is 0 Å². The van der Waals surface area contributed by atoms with Crippen molar-refractivity contribution in [2.24, 2.45) is 0 Å². The molecule has 2 amide bonds. The Kier molecular flexibility index (Phi) is 4.74. The lowest BCUT2D eigenvalue weighted by atomic mass is 9.94. The topological polar surface area (TPSA) is 96.2 Å². The van der Waals surface area contributed by atoms with Crippen LogP contribution in [-0.4, -0.2) is 26.9 Å². The molecule has 0 aromatic carbocycles. The molecule has 2 aromatic heterocycles. The molecule has 2 rings (SSSR count). The fourth-order valence-corrected chi connectivity index (χ4v) is 2.90. The molecule has 23 heavy (non-hydrogen) atoms. The van der Waals surface area contributed by atoms with Crippen molar-refractivity contribution in [3.8, 4) is 0 Å². The maximum absolute atomic E-state index is 12.1. The van der Waals surface area contributed by atoms with Gasteiger partial charge in [0.15, 0.2) is 5.82 Å². The van der Waals surface area contributed by atoms with Crippen molar-refractivity contribution in [3.63, 3.8) is 0 Å². The SMILES string of the molecule is CCn1ccc(NC(=O)Nc2cc(C(C)(C)C)sc2C(=O)O)n1. The monoisotopic (exact) mass is 336 g/mol. The number of anilines is 2. The number of aromatic nitrogens is 2. The summed E-state index contributed by atoms with van der Waals surface area (Å²) in [5.41, 5.74) is 0.102. The third kappa shape index (κ3) is 4.10. The third-order valence-electron chi connectivity index (χ3n) is 3.12. The molecule has 2 aromatic rings. The number of carbonyl (C=O) groups excluding carboxylic acids is 1. The average molecular weight is 336 g/mol. The first-order chi connectivity index (χ1) is 10.7. The number of urea groups is 1. The zero-order chi connectivity index (χ0) is 17.2. The van der Waals surface area contributed by atoms with Gasteiger partial charge in [-0.1, -0.05) is 20.8 Å². The van der Waals surface area contributed by atoms with Crippen LogP contribution in [-0.2, 0) is 12.0 Å². The first-order valence-corrected chi connectivity index (χ1v) is 8.01. The van der Waals surface area contributed by atoms with Crippen molar-refractivity contribution < 1.29 is 14.7 Å². The molecule has 0 spiro atoms. The second-order valence-electron chi connectivity index (χ2n) is 6.04. The molecule has 0 aliphatic heterocycles. The Bertz CT molecular complexity index is 727. The van der Waals surface area contributed by atoms with Gasteiger partial charge in [0.25, 0.3) is 0 Å². The molecule has 0 saturated carbocycles. The summed E-state index contributed by atoms with van der Waals surface area (Å²) in [4.78, 5) is 24.4. The second kappa shape index (κ2) is 6.41. The summed E-state index contributed by atoms with van der Waals surface area (Å²) in [6.07, 6.45) is 1.75. The molecule has 0 unspecified atom stereocenters. The number of aromatic carboxylic acids is 1. The number of carboxylic acids is 1. The molecule has 124 valence electrons. The first-order valence-electron chi connectivity index (χ1n) is 7.19. The van der Waals surface area contributed by atoms with Gasteiger partial charge in [0.2, 0.25) is 0 Å². The molecule has 0 aliphatic rings. The highest BCUT2D eigenvalue weighted by atomic mass is 32.1. The van der Waals surface area contributed by atoms with E-state index in [1.807, 2.05) is 27.7 Å². The molecule has 8 heteroatoms. The Labute approximate surface area is 138 Å². The zero-order valence-corrected chi connectivity index (χ0v) is 14.3. The van der Waals surface area contributed by atoms with E-state index < -0.39 is 12.0 Å². The summed E-state index contributed by atoms with van der Waals surface area (Å²) in [7, 11) is 0. The molecule has 0 aliphatic carbocycles. The Hall–Kier alpha value is -2.35. The summed E-state index contributed by atoms with van der Waals surface area (Å²) in [5, 5.41) is 18.6. The lowest BCUT2D eigenvalue weighted by molar-refractivity contribution is 0.0703. The summed E-state index contributed by atoms with van der Waals surface area (Å²) in [5.74, 6) is -0.649. The minimum atomic E-state index is -1.06. The Morgan fingerprint density at radius 3 is 2.57 bits per heavy atom. The van der Waals surface area contributed by atoms with E-state index in [0.29, 0.717) is 18.1 Å². The molecular formula is C15H20N4O3S. The van der Waals surface area contributed by atoms with E-state index in [-0.39, 0.29) is 10.3 Å². The largest absolute Gasteiger partial charge is 0.477 e. The van der Waals surface area contributed by atoms with Crippen molar-refractivity contribution in [2.75, 3.05) is 10.6 Å². The number of amides is 2. The van der Waals surface area contributed by atoms with E-state index in [1.165, 1.54) is 11.3 Å². The van der Waals surface area contributed by atoms with E-state index in [0.717, 1.165) is 4.88 Å². The van der Waals surface area contributed by atoms with Gasteiger partial charge in [-0.25, -0.2) is 9.59 Å². The molecule has 0 bridgehead atoms. The van der Waals surface area contributed by atoms with Gasteiger partial charge in [-0.2, -0.15) is 5.10 Å². The second-order valence-corrected chi connectivity index (χ2v) is 7.10. The predicted molar refractivity (Wildman–Crippen MR) is 90.5 cm³/mol. The maximum atomic E-state index is 12.1. The number of thiophene rings is 1. The van der Waals surface area contributed by atoms with Gasteiger partial charge in [0, 0.05) is 23.7 Å². The van der Waals surface area contributed by atoms with Crippen molar-refractivity contribution >= 4 is 34.8 Å². The number of aryl methyl sites for hydroxylation is 1. The molecule has 3 N–H and O–H groups in total. The number of nitrogens with one attached hydrogen (secondary N) is 2. The van der Waals surface area contributed by atoms with Gasteiger partial charge in [-0.05, 0) is 18.4 Å². The van der Waals surface area contributed by atoms with Crippen LogP contribution in [0.5, 0.6) is 0 Å². The molecule has 2 heterocycles. The minimum Gasteiger partial charge on any atom is -0.477 e. The number of nitrogens with zero attached hydrogens (tertiary/aromatic N) is 2. The number of rotatable bonds is 4. The minimum absolute atomic E-state index is 0.115. The summed E-state index contributed by atoms with van der Waals surface area (Å²) < 4.78 is 1.68. The van der Waals surface area contributed by atoms with Gasteiger partial charge in [-0.3, -0.25) is 10.00 Å². The number of hydrogen-bond acceptors (Lipinski definition) is 4. The van der Waals surface area contributed by atoms with Gasteiger partial charge in [-0.15, -0.1) is 11.3 Å². The van der Waals surface area contributed by atoms with Crippen molar-refractivity contribution in [1.82, 2.24) is 9.78 Å². The lowest BCUT2D eigenvalue weighted by Gasteiger charge is -2.15. The van der Waals surface area contributed by atoms with Gasteiger partial charge in [0.05, 0.1) is 5.69 Å². The molecular weight excluding hydrogens is 316 g/mol. The van der Waals surface area contributed by atoms with Crippen molar-refractivity contribution in [3.05, 3.63) is 28.1 Å². The van der Waals surface area contributed by atoms with Crippen LogP contribution in [0.1, 0.15) is 42.2 Å². The Morgan fingerprint density at radius 1 is 1.35 bits per heavy atom. The molecule has 7 nitrogen and oxygen atoms in total. The van der Waals surface area contributed by atoms with Crippen LogP contribution < -0.4 is 10.6 Å². The van der Waals surface area contributed by atoms with E-state index in [1.54, 1.807) is 23.0 Å². The summed E-state index contributed by atoms with van der Waals surface area (Å²) in [6.45, 7) is 8.62. The smallest absolute Gasteiger partial charge is 0.348 e. The van der Waals surface area contributed by atoms with Crippen LogP contribution in [0.25, 0.3) is 0 Å². The molecule has 0 radical (unpaired) electrons. The number of hydrogen-bond donors (Lipinski definition) is 3. The van der Waals surface area contributed by atoms with E-state index in [9.17, 15) is 14.7 Å². The van der Waals surface area contributed by atoms with Crippen molar-refractivity contribution in [1.29, 1.82) is 0 Å². The highest BCUT2D eigenvalue weighted by Gasteiger charge is 2.23. The maximum Gasteiger partial charge on any atom is 0.348 e. The van der Waals surface area contributed by atoms with Crippen LogP contribution in [0.15, 0.2) is 18.3 Å². The Morgan fingerprint density at radius 2 is 2.04 bits per heavy atom. The van der Waals surface area contributed by atoms with Gasteiger partial charge in [0.1, 0.15) is 4.88 Å². The quantitative estimate of drug-likeness (QED) is 0.794. The molecule has 0 fully saturated rings. The Balaban J connectivity index is 2.16. The van der Waals surface area contributed by atoms with Gasteiger partial charge < -0.3 is 10.4 Å². The standard InChI is InChI=1S/C15H20N4O3S/c1-5-19-7-6-11(18-19)17-14(22)16-9-8-10(15(2,3)4)23-12(9)13(20)21/h6-8H,5H2,1-4H3,(H,20,21)(H2,16,17,18,22). The highest BCUT2D eigenvalue weighted by molar-refractivity contribution is 7.14. The van der Waals surface area contributed by atoms with Crippen LogP contribution in [0.2, 0.25) is 0 Å². The highest BCUT2D eigenvalue weighted by Crippen LogP contribution is 2.35. The zero-order valence-electron chi connectivity index (χ0n) is 13.5. The lowest BCUT2D eigenvalue weighted by Crippen LogP contribution is -2.20. The fourth-order valence-electron chi connectivity index (χ4n) is 1.89. The van der Waals surface area contributed by atoms with Crippen LogP contribution in [0, 0.1) is 0 Å². The number of carboxylic acid groups (broad SMARTS) is 1. The van der Waals surface area contributed by atoms with Gasteiger partial charge >= 0.3 is 12.0 Å². The third-order valence-corrected chi connectivity index (χ3v) is 4.67. The summed E-state index contributed by atoms with van der Waals surface area (Å²) in [6, 6.07) is 2.86. The first kappa shape index (κ1) is 17.0. The predicted octanol–water partition coefficient (Wildman–Crippen LogP) is 3.60. The molecule has 0 atom stereocenters. The van der Waals surface area contributed by atoms with E-state index in [2.05, 4.69) is 15.7 Å². The van der Waals surface area contributed by atoms with Crippen LogP contribution >= 0.6 is 11.3 Å². The normalized spacial score (nSPS) is 11.3.